The standard InChI is InChI=1S/C32H40N2O3S/c1-5-6-11-19-37-30-24(13-12-15-27(30)36-4)21-33-32-29(25-14-9-7-8-10-16-28(25)38-32)31(35)34-26-20-22(2)17-18-23(26)3/h12-13,15,17-18,20-21H,5-11,14,16,19H2,1-4H3,(H,34,35). The van der Waals surface area contributed by atoms with E-state index in [1.54, 1.807) is 18.4 Å². The van der Waals surface area contributed by atoms with Gasteiger partial charge in [-0.05, 0) is 80.8 Å². The number of carbonyl (C=O) groups excluding carboxylic acids is 1. The van der Waals surface area contributed by atoms with Crippen molar-refractivity contribution in [2.75, 3.05) is 19.0 Å². The van der Waals surface area contributed by atoms with Gasteiger partial charge < -0.3 is 14.8 Å². The molecule has 1 amide bonds. The summed E-state index contributed by atoms with van der Waals surface area (Å²) in [5.74, 6) is 1.31. The number of para-hydroxylation sites is 1. The normalized spacial score (nSPS) is 13.6. The molecular weight excluding hydrogens is 492 g/mol. The van der Waals surface area contributed by atoms with E-state index in [4.69, 9.17) is 14.5 Å². The molecule has 5 nitrogen and oxygen atoms in total. The molecule has 0 saturated heterocycles. The number of thiophene rings is 1. The van der Waals surface area contributed by atoms with Crippen LogP contribution >= 0.6 is 11.3 Å². The molecule has 0 atom stereocenters. The number of aryl methyl sites for hydroxylation is 3. The quantitative estimate of drug-likeness (QED) is 0.210. The topological polar surface area (TPSA) is 59.9 Å². The number of rotatable bonds is 10. The van der Waals surface area contributed by atoms with Crippen LogP contribution in [0.1, 0.15) is 89.4 Å². The third-order valence-corrected chi connectivity index (χ3v) is 8.27. The van der Waals surface area contributed by atoms with E-state index in [1.165, 1.54) is 23.3 Å². The van der Waals surface area contributed by atoms with Crippen LogP contribution in [0.25, 0.3) is 0 Å². The molecule has 1 aliphatic rings. The summed E-state index contributed by atoms with van der Waals surface area (Å²) in [4.78, 5) is 20.0. The first kappa shape index (κ1) is 27.9. The second-order valence-electron chi connectivity index (χ2n) is 10.1. The van der Waals surface area contributed by atoms with Gasteiger partial charge in [-0.25, -0.2) is 4.99 Å². The molecule has 1 N–H and O–H groups in total. The smallest absolute Gasteiger partial charge is 0.259 e. The Hall–Kier alpha value is -3.12. The van der Waals surface area contributed by atoms with Gasteiger partial charge in [-0.1, -0.05) is 50.8 Å². The highest BCUT2D eigenvalue weighted by Crippen LogP contribution is 2.40. The van der Waals surface area contributed by atoms with Crippen LogP contribution in [0.5, 0.6) is 11.5 Å². The molecule has 6 heteroatoms. The lowest BCUT2D eigenvalue weighted by Gasteiger charge is -2.14. The fraction of sp³-hybridized carbons (Fsp3) is 0.438. The van der Waals surface area contributed by atoms with Crippen molar-refractivity contribution in [1.29, 1.82) is 0 Å². The van der Waals surface area contributed by atoms with Crippen molar-refractivity contribution in [3.8, 4) is 11.5 Å². The van der Waals surface area contributed by atoms with E-state index in [1.807, 2.05) is 50.4 Å². The number of nitrogens with one attached hydrogen (secondary N) is 1. The number of hydrogen-bond donors (Lipinski definition) is 1. The summed E-state index contributed by atoms with van der Waals surface area (Å²) < 4.78 is 11.7. The third kappa shape index (κ3) is 6.84. The number of fused-ring (bicyclic) bond motifs is 1. The SMILES string of the molecule is CCCCCOc1c(C=Nc2sc3c(c2C(=O)Nc2cc(C)ccc2C)CCCCCC3)cccc1OC. The molecule has 0 radical (unpaired) electrons. The third-order valence-electron chi connectivity index (χ3n) is 7.07. The molecular formula is C32H40N2O3S. The second-order valence-corrected chi connectivity index (χ2v) is 11.1. The Morgan fingerprint density at radius 3 is 2.68 bits per heavy atom. The van der Waals surface area contributed by atoms with Gasteiger partial charge >= 0.3 is 0 Å². The van der Waals surface area contributed by atoms with Gasteiger partial charge in [-0.15, -0.1) is 11.3 Å². The monoisotopic (exact) mass is 532 g/mol. The van der Waals surface area contributed by atoms with E-state index in [0.29, 0.717) is 18.1 Å². The first-order valence-corrected chi connectivity index (χ1v) is 14.7. The van der Waals surface area contributed by atoms with Gasteiger partial charge in [0.2, 0.25) is 0 Å². The minimum atomic E-state index is -0.0781. The number of benzene rings is 2. The van der Waals surface area contributed by atoms with Crippen molar-refractivity contribution in [1.82, 2.24) is 0 Å². The highest BCUT2D eigenvalue weighted by molar-refractivity contribution is 7.16. The van der Waals surface area contributed by atoms with Crippen molar-refractivity contribution >= 4 is 34.1 Å². The van der Waals surface area contributed by atoms with Gasteiger partial charge in [-0.2, -0.15) is 0 Å². The van der Waals surface area contributed by atoms with Gasteiger partial charge in [-0.3, -0.25) is 4.79 Å². The summed E-state index contributed by atoms with van der Waals surface area (Å²) >= 11 is 1.66. The first-order valence-electron chi connectivity index (χ1n) is 13.9. The Kier molecular flexibility index (Phi) is 9.99. The molecule has 1 aliphatic carbocycles. The van der Waals surface area contributed by atoms with E-state index < -0.39 is 0 Å². The molecule has 202 valence electrons. The van der Waals surface area contributed by atoms with Crippen LogP contribution in [0, 0.1) is 13.8 Å². The molecule has 0 aliphatic heterocycles. The molecule has 0 bridgehead atoms. The number of nitrogens with zero attached hydrogens (tertiary/aromatic N) is 1. The zero-order chi connectivity index (χ0) is 26.9. The molecule has 2 aromatic carbocycles. The first-order chi connectivity index (χ1) is 18.5. The highest BCUT2D eigenvalue weighted by Gasteiger charge is 2.24. The van der Waals surface area contributed by atoms with Crippen LogP contribution in [-0.2, 0) is 12.8 Å². The van der Waals surface area contributed by atoms with Crippen LogP contribution in [0.3, 0.4) is 0 Å². The number of carbonyl (C=O) groups is 1. The minimum Gasteiger partial charge on any atom is -0.493 e. The number of methoxy groups -OCH3 is 1. The van der Waals surface area contributed by atoms with Crippen LogP contribution < -0.4 is 14.8 Å². The predicted molar refractivity (Wildman–Crippen MR) is 159 cm³/mol. The molecule has 1 aromatic heterocycles. The van der Waals surface area contributed by atoms with E-state index in [0.717, 1.165) is 77.9 Å². The van der Waals surface area contributed by atoms with Gasteiger partial charge in [0.1, 0.15) is 5.00 Å². The van der Waals surface area contributed by atoms with E-state index in [9.17, 15) is 4.79 Å². The molecule has 3 aromatic rings. The molecule has 0 spiro atoms. The van der Waals surface area contributed by atoms with Crippen molar-refractivity contribution in [2.45, 2.75) is 78.6 Å². The average Bonchev–Trinajstić information content (AvgIpc) is 3.23. The van der Waals surface area contributed by atoms with Crippen molar-refractivity contribution in [3.05, 3.63) is 69.1 Å². The lowest BCUT2D eigenvalue weighted by atomic mass is 9.96. The van der Waals surface area contributed by atoms with E-state index >= 15 is 0 Å². The zero-order valence-corrected chi connectivity index (χ0v) is 24.0. The molecule has 0 saturated carbocycles. The summed E-state index contributed by atoms with van der Waals surface area (Å²) in [6.45, 7) is 6.88. The summed E-state index contributed by atoms with van der Waals surface area (Å²) in [5.41, 5.74) is 5.76. The summed E-state index contributed by atoms with van der Waals surface area (Å²) in [6, 6.07) is 12.0. The van der Waals surface area contributed by atoms with Crippen LogP contribution in [0.4, 0.5) is 10.7 Å². The molecule has 1 heterocycles. The average molecular weight is 533 g/mol. The van der Waals surface area contributed by atoms with E-state index in [2.05, 4.69) is 18.3 Å². The van der Waals surface area contributed by atoms with E-state index in [-0.39, 0.29) is 5.91 Å². The minimum absolute atomic E-state index is 0.0781. The summed E-state index contributed by atoms with van der Waals surface area (Å²) in [7, 11) is 1.66. The molecule has 0 fully saturated rings. The molecule has 38 heavy (non-hydrogen) atoms. The Morgan fingerprint density at radius 1 is 1.08 bits per heavy atom. The summed E-state index contributed by atoms with van der Waals surface area (Å²) in [5, 5.41) is 3.96. The number of aliphatic imine (C=N–C) groups is 1. The Balaban J connectivity index is 1.70. The number of ether oxygens (including phenoxy) is 2. The number of unbranched alkanes of at least 4 members (excludes halogenated alkanes) is 2. The van der Waals surface area contributed by atoms with Gasteiger partial charge in [0, 0.05) is 22.3 Å². The fourth-order valence-corrected chi connectivity index (χ4v) is 6.12. The predicted octanol–water partition coefficient (Wildman–Crippen LogP) is 8.60. The molecule has 4 rings (SSSR count). The lowest BCUT2D eigenvalue weighted by molar-refractivity contribution is 0.102. The lowest BCUT2D eigenvalue weighted by Crippen LogP contribution is -2.15. The maximum absolute atomic E-state index is 13.8. The van der Waals surface area contributed by atoms with Gasteiger partial charge in [0.15, 0.2) is 11.5 Å². The zero-order valence-electron chi connectivity index (χ0n) is 23.2. The summed E-state index contributed by atoms with van der Waals surface area (Å²) in [6.07, 6.45) is 11.7. The maximum atomic E-state index is 13.8. The molecule has 0 unspecified atom stereocenters. The van der Waals surface area contributed by atoms with Crippen molar-refractivity contribution in [2.24, 2.45) is 4.99 Å². The Morgan fingerprint density at radius 2 is 1.89 bits per heavy atom. The van der Waals surface area contributed by atoms with Crippen LogP contribution in [0.15, 0.2) is 41.4 Å². The number of anilines is 1. The van der Waals surface area contributed by atoms with Crippen LogP contribution in [-0.4, -0.2) is 25.8 Å². The maximum Gasteiger partial charge on any atom is 0.259 e. The van der Waals surface area contributed by atoms with Crippen molar-refractivity contribution in [3.63, 3.8) is 0 Å². The number of hydrogen-bond acceptors (Lipinski definition) is 5. The Bertz CT molecular complexity index is 1280. The van der Waals surface area contributed by atoms with Crippen LogP contribution in [0.2, 0.25) is 0 Å². The van der Waals surface area contributed by atoms with Gasteiger partial charge in [0.05, 0.1) is 19.3 Å². The number of amides is 1. The highest BCUT2D eigenvalue weighted by atomic mass is 32.1. The van der Waals surface area contributed by atoms with Crippen molar-refractivity contribution < 1.29 is 14.3 Å². The second kappa shape index (κ2) is 13.6. The Labute approximate surface area is 231 Å². The van der Waals surface area contributed by atoms with Gasteiger partial charge in [0.25, 0.3) is 5.91 Å². The fourth-order valence-electron chi connectivity index (χ4n) is 4.89. The largest absolute Gasteiger partial charge is 0.493 e.